The second-order valence-electron chi connectivity index (χ2n) is 6.37. The van der Waals surface area contributed by atoms with Crippen molar-refractivity contribution in [1.29, 1.82) is 0 Å². The molecular weight excluding hydrogens is 330 g/mol. The summed E-state index contributed by atoms with van der Waals surface area (Å²) in [4.78, 5) is 24.2. The molecule has 0 radical (unpaired) electrons. The highest BCUT2D eigenvalue weighted by Gasteiger charge is 2.16. The van der Waals surface area contributed by atoms with Crippen molar-refractivity contribution in [3.63, 3.8) is 0 Å². The molecule has 3 rings (SSSR count). The number of ether oxygens (including phenoxy) is 1. The van der Waals surface area contributed by atoms with Gasteiger partial charge in [-0.2, -0.15) is 0 Å². The van der Waals surface area contributed by atoms with Crippen LogP contribution < -0.4 is 5.32 Å². The van der Waals surface area contributed by atoms with Crippen LogP contribution in [0.1, 0.15) is 40.2 Å². The lowest BCUT2D eigenvalue weighted by molar-refractivity contribution is -0.125. The van der Waals surface area contributed by atoms with Crippen molar-refractivity contribution in [3.05, 3.63) is 71.0 Å². The van der Waals surface area contributed by atoms with Gasteiger partial charge in [-0.25, -0.2) is 4.79 Å². The van der Waals surface area contributed by atoms with E-state index in [-0.39, 0.29) is 18.6 Å². The number of hydrogen-bond donors (Lipinski definition) is 1. The third-order valence-corrected chi connectivity index (χ3v) is 4.19. The van der Waals surface area contributed by atoms with Gasteiger partial charge < -0.3 is 14.5 Å². The normalized spacial score (nSPS) is 12.0. The largest absolute Gasteiger partial charge is 0.459 e. The summed E-state index contributed by atoms with van der Waals surface area (Å²) < 4.78 is 10.9. The molecule has 26 heavy (non-hydrogen) atoms. The van der Waals surface area contributed by atoms with Gasteiger partial charge in [-0.15, -0.1) is 0 Å². The number of carbonyl (C=O) groups is 2. The lowest BCUT2D eigenvalue weighted by Gasteiger charge is -2.12. The first kappa shape index (κ1) is 17.7. The van der Waals surface area contributed by atoms with Crippen LogP contribution in [0.4, 0.5) is 0 Å². The fraction of sp³-hybridized carbons (Fsp3) is 0.238. The minimum atomic E-state index is -0.506. The predicted molar refractivity (Wildman–Crippen MR) is 99.0 cm³/mol. The van der Waals surface area contributed by atoms with Gasteiger partial charge >= 0.3 is 5.97 Å². The van der Waals surface area contributed by atoms with Gasteiger partial charge in [-0.1, -0.05) is 35.9 Å². The Bertz CT molecular complexity index is 925. The minimum absolute atomic E-state index is 0.324. The van der Waals surface area contributed by atoms with Gasteiger partial charge in [0.25, 0.3) is 5.91 Å². The van der Waals surface area contributed by atoms with Crippen LogP contribution in [-0.4, -0.2) is 18.5 Å². The fourth-order valence-electron chi connectivity index (χ4n) is 2.82. The maximum absolute atomic E-state index is 12.1. The summed E-state index contributed by atoms with van der Waals surface area (Å²) in [5.74, 6) is -0.231. The number of furan rings is 1. The molecule has 5 heteroatoms. The average Bonchev–Trinajstić information content (AvgIpc) is 3.04. The summed E-state index contributed by atoms with van der Waals surface area (Å²) in [6.07, 6.45) is 0. The van der Waals surface area contributed by atoms with Gasteiger partial charge in [0.1, 0.15) is 11.3 Å². The predicted octanol–water partition coefficient (Wildman–Crippen LogP) is 4.08. The van der Waals surface area contributed by atoms with Crippen LogP contribution in [0.2, 0.25) is 0 Å². The topological polar surface area (TPSA) is 68.5 Å². The van der Waals surface area contributed by atoms with Crippen LogP contribution in [0.25, 0.3) is 11.0 Å². The second kappa shape index (κ2) is 7.44. The van der Waals surface area contributed by atoms with E-state index >= 15 is 0 Å². The van der Waals surface area contributed by atoms with Gasteiger partial charge in [0.2, 0.25) is 0 Å². The summed E-state index contributed by atoms with van der Waals surface area (Å²) in [6, 6.07) is 14.7. The Hall–Kier alpha value is -3.08. The maximum atomic E-state index is 12.1. The van der Waals surface area contributed by atoms with E-state index in [2.05, 4.69) is 5.32 Å². The minimum Gasteiger partial charge on any atom is -0.459 e. The summed E-state index contributed by atoms with van der Waals surface area (Å²) in [7, 11) is 0. The highest BCUT2D eigenvalue weighted by molar-refractivity contribution is 5.92. The Morgan fingerprint density at radius 1 is 1.12 bits per heavy atom. The number of esters is 1. The highest BCUT2D eigenvalue weighted by atomic mass is 16.5. The quantitative estimate of drug-likeness (QED) is 0.703. The zero-order valence-corrected chi connectivity index (χ0v) is 15.0. The number of para-hydroxylation sites is 1. The van der Waals surface area contributed by atoms with Crippen molar-refractivity contribution in [3.8, 4) is 0 Å². The molecule has 0 spiro atoms. The summed E-state index contributed by atoms with van der Waals surface area (Å²) in [5.41, 5.74) is 3.13. The summed E-state index contributed by atoms with van der Waals surface area (Å²) >= 11 is 0. The number of amides is 1. The number of carbonyl (C=O) groups excluding carboxylic acids is 2. The molecule has 0 aliphatic carbocycles. The first-order chi connectivity index (χ1) is 12.4. The van der Waals surface area contributed by atoms with Gasteiger partial charge in [0, 0.05) is 5.39 Å². The lowest BCUT2D eigenvalue weighted by Crippen LogP contribution is -2.31. The van der Waals surface area contributed by atoms with Crippen LogP contribution in [0.15, 0.2) is 52.9 Å². The molecule has 1 aromatic heterocycles. The van der Waals surface area contributed by atoms with Gasteiger partial charge in [0.05, 0.1) is 11.6 Å². The van der Waals surface area contributed by atoms with Gasteiger partial charge in [-0.05, 0) is 44.5 Å². The molecule has 0 aliphatic rings. The van der Waals surface area contributed by atoms with Crippen molar-refractivity contribution in [2.45, 2.75) is 26.8 Å². The number of rotatable bonds is 5. The Morgan fingerprint density at radius 2 is 1.88 bits per heavy atom. The molecule has 3 aromatic rings. The van der Waals surface area contributed by atoms with Crippen LogP contribution in [0, 0.1) is 13.8 Å². The zero-order valence-electron chi connectivity index (χ0n) is 15.0. The molecule has 0 aliphatic heterocycles. The lowest BCUT2D eigenvalue weighted by atomic mass is 10.1. The SMILES string of the molecule is Cc1ccc(C(=O)OCC(=O)N[C@H](C)c2cc3ccccc3o2)c(C)c1. The van der Waals surface area contributed by atoms with Crippen LogP contribution in [-0.2, 0) is 9.53 Å². The standard InChI is InChI=1S/C21H21NO4/c1-13-8-9-17(14(2)10-13)21(24)25-12-20(23)22-15(3)19-11-16-6-4-5-7-18(16)26-19/h4-11,15H,12H2,1-3H3,(H,22,23)/t15-/m1/s1. The van der Waals surface area contributed by atoms with E-state index < -0.39 is 5.97 Å². The molecular formula is C21H21NO4. The first-order valence-corrected chi connectivity index (χ1v) is 8.46. The van der Waals surface area contributed by atoms with Crippen molar-refractivity contribution in [1.82, 2.24) is 5.32 Å². The molecule has 5 nitrogen and oxygen atoms in total. The van der Waals surface area contributed by atoms with E-state index in [1.54, 1.807) is 6.07 Å². The Balaban J connectivity index is 1.57. The Labute approximate surface area is 152 Å². The zero-order chi connectivity index (χ0) is 18.7. The molecule has 0 saturated carbocycles. The molecule has 0 fully saturated rings. The van der Waals surface area contributed by atoms with Crippen LogP contribution in [0.3, 0.4) is 0 Å². The van der Waals surface area contributed by atoms with Crippen molar-refractivity contribution in [2.75, 3.05) is 6.61 Å². The third-order valence-electron chi connectivity index (χ3n) is 4.19. The number of fused-ring (bicyclic) bond motifs is 1. The Morgan fingerprint density at radius 3 is 2.62 bits per heavy atom. The van der Waals surface area contributed by atoms with Crippen molar-refractivity contribution < 1.29 is 18.7 Å². The number of benzene rings is 2. The molecule has 0 bridgehead atoms. The summed E-state index contributed by atoms with van der Waals surface area (Å²) in [6.45, 7) is 5.28. The number of hydrogen-bond acceptors (Lipinski definition) is 4. The van der Waals surface area contributed by atoms with E-state index in [4.69, 9.17) is 9.15 Å². The van der Waals surface area contributed by atoms with Gasteiger partial charge in [-0.3, -0.25) is 4.79 Å². The van der Waals surface area contributed by atoms with Crippen LogP contribution in [0.5, 0.6) is 0 Å². The number of nitrogens with one attached hydrogen (secondary N) is 1. The first-order valence-electron chi connectivity index (χ1n) is 8.46. The molecule has 1 atom stereocenters. The van der Waals surface area contributed by atoms with E-state index in [9.17, 15) is 9.59 Å². The molecule has 1 heterocycles. The van der Waals surface area contributed by atoms with E-state index in [0.717, 1.165) is 22.1 Å². The Kier molecular flexibility index (Phi) is 5.07. The fourth-order valence-corrected chi connectivity index (χ4v) is 2.82. The van der Waals surface area contributed by atoms with E-state index in [1.165, 1.54) is 0 Å². The molecule has 1 amide bonds. The van der Waals surface area contributed by atoms with Crippen LogP contribution >= 0.6 is 0 Å². The molecule has 0 unspecified atom stereocenters. The van der Waals surface area contributed by atoms with Crippen molar-refractivity contribution >= 4 is 22.8 Å². The van der Waals surface area contributed by atoms with Gasteiger partial charge in [0.15, 0.2) is 6.61 Å². The second-order valence-corrected chi connectivity index (χ2v) is 6.37. The molecule has 2 aromatic carbocycles. The highest BCUT2D eigenvalue weighted by Crippen LogP contribution is 2.23. The monoisotopic (exact) mass is 351 g/mol. The molecule has 0 saturated heterocycles. The smallest absolute Gasteiger partial charge is 0.338 e. The van der Waals surface area contributed by atoms with E-state index in [0.29, 0.717) is 11.3 Å². The van der Waals surface area contributed by atoms with Crippen molar-refractivity contribution in [2.24, 2.45) is 0 Å². The molecule has 1 N–H and O–H groups in total. The third kappa shape index (κ3) is 3.94. The summed E-state index contributed by atoms with van der Waals surface area (Å²) in [5, 5.41) is 3.75. The average molecular weight is 351 g/mol. The maximum Gasteiger partial charge on any atom is 0.338 e. The number of aryl methyl sites for hydroxylation is 2. The van der Waals surface area contributed by atoms with E-state index in [1.807, 2.05) is 63.2 Å². The molecule has 134 valence electrons.